The fourth-order valence-corrected chi connectivity index (χ4v) is 2.59. The van der Waals surface area contributed by atoms with E-state index in [-0.39, 0.29) is 28.9 Å². The maximum atomic E-state index is 12.2. The van der Waals surface area contributed by atoms with Crippen LogP contribution in [0.2, 0.25) is 0 Å². The molecule has 1 aliphatic rings. The van der Waals surface area contributed by atoms with Gasteiger partial charge in [-0.05, 0) is 17.7 Å². The normalized spacial score (nSPS) is 12.8. The number of hydrogen-bond acceptors (Lipinski definition) is 6. The summed E-state index contributed by atoms with van der Waals surface area (Å²) < 4.78 is 0. The number of carbonyl (C=O) groups excluding carboxylic acids is 3. The van der Waals surface area contributed by atoms with Gasteiger partial charge in [0, 0.05) is 18.7 Å². The number of fused-ring (bicyclic) bond motifs is 1. The Balaban J connectivity index is 1.66. The van der Waals surface area contributed by atoms with Crippen molar-refractivity contribution in [2.75, 3.05) is 6.54 Å². The third-order valence-corrected chi connectivity index (χ3v) is 3.91. The van der Waals surface area contributed by atoms with Crippen molar-refractivity contribution < 1.29 is 24.4 Å². The number of non-ortho nitro benzene ring substituents is 1. The lowest BCUT2D eigenvalue weighted by atomic mass is 10.1. The summed E-state index contributed by atoms with van der Waals surface area (Å²) in [6.45, 7) is -0.752. The molecule has 2 aromatic carbocycles. The molecule has 0 saturated heterocycles. The molecule has 9 nitrogen and oxygen atoms in total. The van der Waals surface area contributed by atoms with Gasteiger partial charge in [-0.25, -0.2) is 0 Å². The number of nitrogens with zero attached hydrogens (tertiary/aromatic N) is 2. The van der Waals surface area contributed by atoms with Crippen molar-refractivity contribution in [1.29, 1.82) is 0 Å². The molecule has 0 unspecified atom stereocenters. The van der Waals surface area contributed by atoms with E-state index in [1.165, 1.54) is 12.1 Å². The highest BCUT2D eigenvalue weighted by Gasteiger charge is 2.36. The number of amides is 3. The lowest BCUT2D eigenvalue weighted by molar-refractivity contribution is -0.385. The third kappa shape index (κ3) is 3.09. The molecule has 9 heteroatoms. The number of imide groups is 1. The molecule has 0 atom stereocenters. The Morgan fingerprint density at radius 3 is 2.27 bits per heavy atom. The lowest BCUT2D eigenvalue weighted by Gasteiger charge is -2.16. The second-order valence-electron chi connectivity index (χ2n) is 5.57. The van der Waals surface area contributed by atoms with Gasteiger partial charge in [0.25, 0.3) is 17.5 Å². The van der Waals surface area contributed by atoms with Crippen LogP contribution in [0.1, 0.15) is 26.3 Å². The zero-order valence-electron chi connectivity index (χ0n) is 13.3. The van der Waals surface area contributed by atoms with Crippen LogP contribution >= 0.6 is 0 Å². The Labute approximate surface area is 147 Å². The number of carbonyl (C=O) groups is 3. The molecule has 0 aliphatic carbocycles. The average molecular weight is 354 g/mol. The van der Waals surface area contributed by atoms with Gasteiger partial charge in [-0.15, -0.1) is 5.75 Å². The second kappa shape index (κ2) is 6.63. The number of nitrogens with one attached hydrogen (secondary N) is 1. The minimum absolute atomic E-state index is 0.0370. The molecule has 1 heterocycles. The van der Waals surface area contributed by atoms with E-state index >= 15 is 0 Å². The second-order valence-corrected chi connectivity index (χ2v) is 5.57. The quantitative estimate of drug-likeness (QED) is 0.474. The summed E-state index contributed by atoms with van der Waals surface area (Å²) in [7, 11) is 0. The molecule has 0 fully saturated rings. The van der Waals surface area contributed by atoms with Crippen molar-refractivity contribution in [3.63, 3.8) is 0 Å². The van der Waals surface area contributed by atoms with Crippen LogP contribution in [-0.4, -0.2) is 34.1 Å². The first kappa shape index (κ1) is 17.1. The predicted molar refractivity (Wildman–Crippen MR) is 86.2 cm³/mol. The fourth-order valence-electron chi connectivity index (χ4n) is 2.59. The molecule has 0 spiro atoms. The molecule has 2 aromatic rings. The smallest absolute Gasteiger partial charge is 0.269 e. The Hall–Kier alpha value is -3.75. The number of nitro groups is 1. The molecule has 0 bridgehead atoms. The molecular weight excluding hydrogens is 342 g/mol. The van der Waals surface area contributed by atoms with Gasteiger partial charge in [-0.3, -0.25) is 29.4 Å². The van der Waals surface area contributed by atoms with Crippen molar-refractivity contribution in [2.45, 2.75) is 6.54 Å². The van der Waals surface area contributed by atoms with Gasteiger partial charge in [-0.1, -0.05) is 18.2 Å². The number of rotatable bonds is 5. The van der Waals surface area contributed by atoms with Gasteiger partial charge in [0.05, 0.1) is 16.1 Å². The van der Waals surface area contributed by atoms with Crippen molar-refractivity contribution in [3.8, 4) is 5.75 Å². The third-order valence-electron chi connectivity index (χ3n) is 3.91. The fraction of sp³-hybridized carbons (Fsp3) is 0.118. The molecule has 26 heavy (non-hydrogen) atoms. The highest BCUT2D eigenvalue weighted by Crippen LogP contribution is 2.22. The van der Waals surface area contributed by atoms with E-state index in [0.717, 1.165) is 23.1 Å². The van der Waals surface area contributed by atoms with Crippen molar-refractivity contribution in [3.05, 3.63) is 69.3 Å². The highest BCUT2D eigenvalue weighted by molar-refractivity contribution is 6.22. The van der Waals surface area contributed by atoms with Crippen LogP contribution in [0.15, 0.2) is 42.5 Å². The Bertz CT molecular complexity index is 905. The van der Waals surface area contributed by atoms with Crippen LogP contribution in [0.5, 0.6) is 5.75 Å². The van der Waals surface area contributed by atoms with E-state index < -0.39 is 34.9 Å². The van der Waals surface area contributed by atoms with Gasteiger partial charge in [-0.2, -0.15) is 0 Å². The monoisotopic (exact) mass is 354 g/mol. The van der Waals surface area contributed by atoms with Crippen LogP contribution in [0.3, 0.4) is 0 Å². The molecule has 1 N–H and O–H groups in total. The maximum Gasteiger partial charge on any atom is 0.269 e. The summed E-state index contributed by atoms with van der Waals surface area (Å²) >= 11 is 0. The molecule has 0 radical (unpaired) electrons. The van der Waals surface area contributed by atoms with Crippen LogP contribution in [-0.2, 0) is 11.3 Å². The van der Waals surface area contributed by atoms with Gasteiger partial charge in [0.2, 0.25) is 5.91 Å². The zero-order valence-corrected chi connectivity index (χ0v) is 13.3. The largest absolute Gasteiger partial charge is 0.872 e. The summed E-state index contributed by atoms with van der Waals surface area (Å²) in [5.74, 6) is -2.26. The summed E-state index contributed by atoms with van der Waals surface area (Å²) in [6, 6.07) is 9.43. The average Bonchev–Trinajstić information content (AvgIpc) is 2.86. The van der Waals surface area contributed by atoms with Gasteiger partial charge < -0.3 is 10.4 Å². The van der Waals surface area contributed by atoms with Gasteiger partial charge in [0.1, 0.15) is 6.54 Å². The maximum absolute atomic E-state index is 12.2. The van der Waals surface area contributed by atoms with Crippen LogP contribution in [0.25, 0.3) is 0 Å². The van der Waals surface area contributed by atoms with E-state index in [1.807, 2.05) is 0 Å². The first-order chi connectivity index (χ1) is 12.4. The van der Waals surface area contributed by atoms with Crippen LogP contribution in [0, 0.1) is 10.1 Å². The van der Waals surface area contributed by atoms with E-state index in [0.29, 0.717) is 0 Å². The van der Waals surface area contributed by atoms with Crippen LogP contribution < -0.4 is 10.4 Å². The van der Waals surface area contributed by atoms with Crippen molar-refractivity contribution in [2.24, 2.45) is 0 Å². The van der Waals surface area contributed by atoms with E-state index in [4.69, 9.17) is 0 Å². The predicted octanol–water partition coefficient (Wildman–Crippen LogP) is 0.581. The van der Waals surface area contributed by atoms with Crippen molar-refractivity contribution in [1.82, 2.24) is 10.2 Å². The number of benzene rings is 2. The summed E-state index contributed by atoms with van der Waals surface area (Å²) in [5.41, 5.74) is 0.223. The van der Waals surface area contributed by atoms with Gasteiger partial charge >= 0.3 is 0 Å². The highest BCUT2D eigenvalue weighted by atomic mass is 16.6. The molecule has 1 aliphatic heterocycles. The lowest BCUT2D eigenvalue weighted by Crippen LogP contribution is -2.40. The first-order valence-electron chi connectivity index (χ1n) is 7.54. The molecule has 3 rings (SSSR count). The molecule has 0 saturated carbocycles. The SMILES string of the molecule is O=C(CN1C(=O)c2ccccc2C1=O)NCc1cc([N+](=O)[O-])ccc1[O-]. The molecule has 132 valence electrons. The summed E-state index contributed by atoms with van der Waals surface area (Å²) in [6.07, 6.45) is 0. The van der Waals surface area contributed by atoms with E-state index in [1.54, 1.807) is 12.1 Å². The Morgan fingerprint density at radius 2 is 1.69 bits per heavy atom. The Morgan fingerprint density at radius 1 is 1.08 bits per heavy atom. The molecule has 0 aromatic heterocycles. The summed E-state index contributed by atoms with van der Waals surface area (Å²) in [4.78, 5) is 47.3. The number of hydrogen-bond donors (Lipinski definition) is 1. The van der Waals surface area contributed by atoms with Gasteiger partial charge in [0.15, 0.2) is 0 Å². The van der Waals surface area contributed by atoms with E-state index in [9.17, 15) is 29.6 Å². The molecular formula is C17H12N3O6-. The zero-order chi connectivity index (χ0) is 18.8. The minimum atomic E-state index is -0.662. The van der Waals surface area contributed by atoms with Crippen LogP contribution in [0.4, 0.5) is 5.69 Å². The minimum Gasteiger partial charge on any atom is -0.872 e. The summed E-state index contributed by atoms with van der Waals surface area (Å²) in [5, 5.41) is 24.9. The standard InChI is InChI=1S/C17H13N3O6/c21-14-6-5-11(20(25)26)7-10(14)8-18-15(22)9-19-16(23)12-3-1-2-4-13(12)17(19)24/h1-7,21H,8-9H2,(H,18,22)/p-1. The first-order valence-corrected chi connectivity index (χ1v) is 7.54. The van der Waals surface area contributed by atoms with Crippen molar-refractivity contribution >= 4 is 23.4 Å². The topological polar surface area (TPSA) is 133 Å². The molecule has 3 amide bonds. The van der Waals surface area contributed by atoms with E-state index in [2.05, 4.69) is 5.32 Å². The number of nitro benzene ring substituents is 1. The Kier molecular flexibility index (Phi) is 4.36.